The van der Waals surface area contributed by atoms with E-state index in [0.29, 0.717) is 0 Å². The number of rotatable bonds is 5. The van der Waals surface area contributed by atoms with Crippen LogP contribution in [0.1, 0.15) is 38.4 Å². The Morgan fingerprint density at radius 3 is 1.59 bits per heavy atom. The van der Waals surface area contributed by atoms with Crippen molar-refractivity contribution in [2.75, 3.05) is 0 Å². The van der Waals surface area contributed by atoms with E-state index in [1.807, 2.05) is 0 Å². The van der Waals surface area contributed by atoms with Crippen molar-refractivity contribution in [3.63, 3.8) is 0 Å². The SMILES string of the molecule is [2H]c1c([2H])c([2H])c(-c2nc(-c3c([2H])c([2H])c([2H])c([2H])c3[2H])nc(-c3c([2H])c([2H])c(-c4c([2H])c([2H])c(-c5cc([2H])c6c([2H])c([2H])c([2H])c([2H])c6c5[2H])c([2H])c4[2H])c4oc5c([2H])c6c([2H])c([2H])c([2H])c([2H])c6c([2H])c5c34)n2)c([2H])c1[2H]. The average molecular weight is 680 g/mol. The highest BCUT2D eigenvalue weighted by Gasteiger charge is 2.21. The second kappa shape index (κ2) is 11.9. The number of aromatic nitrogens is 3. The van der Waals surface area contributed by atoms with Gasteiger partial charge in [-0.3, -0.25) is 0 Å². The molecule has 238 valence electrons. The minimum absolute atomic E-state index is 0.372. The zero-order valence-corrected chi connectivity index (χ0v) is 25.3. The Kier molecular flexibility index (Phi) is 2.91. The Morgan fingerprint density at radius 2 is 0.922 bits per heavy atom. The summed E-state index contributed by atoms with van der Waals surface area (Å²) in [7, 11) is 0. The molecule has 0 unspecified atom stereocenters. The first-order chi connectivity index (χ1) is 36.9. The number of benzene rings is 8. The summed E-state index contributed by atoms with van der Waals surface area (Å²) in [6.07, 6.45) is 0. The van der Waals surface area contributed by atoms with Crippen LogP contribution in [0.2, 0.25) is 0 Å². The summed E-state index contributed by atoms with van der Waals surface area (Å²) in [6, 6.07) is -23.2. The first kappa shape index (κ1) is 12.4. The van der Waals surface area contributed by atoms with E-state index in [9.17, 15) is 11.0 Å². The third kappa shape index (κ3) is 5.13. The van der Waals surface area contributed by atoms with Gasteiger partial charge in [0.25, 0.3) is 0 Å². The van der Waals surface area contributed by atoms with Gasteiger partial charge in [-0.15, -0.1) is 0 Å². The molecule has 2 heterocycles. The Hall–Kier alpha value is -6.91. The van der Waals surface area contributed by atoms with Gasteiger partial charge in [0.15, 0.2) is 17.5 Å². The molecule has 10 aromatic rings. The molecule has 0 amide bonds. The summed E-state index contributed by atoms with van der Waals surface area (Å²) in [5, 5.41) is -3.17. The molecular formula is C47H29N3O. The van der Waals surface area contributed by atoms with Crippen LogP contribution in [-0.4, -0.2) is 15.0 Å². The lowest BCUT2D eigenvalue weighted by Gasteiger charge is -2.11. The molecule has 0 aliphatic rings. The van der Waals surface area contributed by atoms with Gasteiger partial charge in [-0.1, -0.05) is 145 Å². The number of furan rings is 1. The van der Waals surface area contributed by atoms with Gasteiger partial charge in [-0.05, 0) is 68.4 Å². The van der Waals surface area contributed by atoms with Crippen molar-refractivity contribution in [2.45, 2.75) is 0 Å². The van der Waals surface area contributed by atoms with E-state index < -0.39 is 264 Å². The van der Waals surface area contributed by atoms with Gasteiger partial charge >= 0.3 is 0 Å². The van der Waals surface area contributed by atoms with Gasteiger partial charge < -0.3 is 4.42 Å². The maximum absolute atomic E-state index is 9.78. The van der Waals surface area contributed by atoms with Crippen LogP contribution in [0, 0.1) is 0 Å². The van der Waals surface area contributed by atoms with Crippen LogP contribution in [0.3, 0.4) is 0 Å². The lowest BCUT2D eigenvalue weighted by Crippen LogP contribution is -2.00. The molecule has 8 aromatic carbocycles. The zero-order chi connectivity index (χ0) is 58.1. The molecule has 0 fully saturated rings. The van der Waals surface area contributed by atoms with E-state index in [-0.39, 0.29) is 5.39 Å². The molecule has 0 spiro atoms. The van der Waals surface area contributed by atoms with E-state index in [2.05, 4.69) is 15.0 Å². The molecule has 51 heavy (non-hydrogen) atoms. The van der Waals surface area contributed by atoms with Gasteiger partial charge in [0.1, 0.15) is 11.2 Å². The molecule has 0 saturated carbocycles. The van der Waals surface area contributed by atoms with Gasteiger partial charge in [0.2, 0.25) is 0 Å². The summed E-state index contributed by atoms with van der Waals surface area (Å²) < 4.78 is 253. The third-order valence-corrected chi connectivity index (χ3v) is 7.63. The van der Waals surface area contributed by atoms with Gasteiger partial charge in [-0.25, -0.2) is 15.0 Å². The molecule has 0 aliphatic heterocycles. The van der Waals surface area contributed by atoms with Gasteiger partial charge in [-0.2, -0.15) is 0 Å². The van der Waals surface area contributed by atoms with Crippen molar-refractivity contribution in [3.05, 3.63) is 175 Å². The van der Waals surface area contributed by atoms with E-state index in [4.69, 9.17) is 31.8 Å². The van der Waals surface area contributed by atoms with Crippen molar-refractivity contribution >= 4 is 43.5 Å². The second-order valence-electron chi connectivity index (χ2n) is 10.6. The average Bonchev–Trinajstić information content (AvgIpc) is 3.03. The number of fused-ring (bicyclic) bond motifs is 5. The predicted octanol–water partition coefficient (Wildman–Crippen LogP) is 12.4. The highest BCUT2D eigenvalue weighted by molar-refractivity contribution is 6.18. The molecular weight excluding hydrogens is 623 g/mol. The van der Waals surface area contributed by atoms with Crippen LogP contribution in [0.5, 0.6) is 0 Å². The molecule has 4 heteroatoms. The lowest BCUT2D eigenvalue weighted by atomic mass is 9.95. The van der Waals surface area contributed by atoms with Crippen LogP contribution in [0.25, 0.3) is 99.9 Å². The Bertz CT molecular complexity index is 4360. The van der Waals surface area contributed by atoms with E-state index in [1.54, 1.807) is 0 Å². The monoisotopic (exact) mass is 679 g/mol. The van der Waals surface area contributed by atoms with Gasteiger partial charge in [0.05, 0.1) is 38.4 Å². The van der Waals surface area contributed by atoms with Crippen molar-refractivity contribution in [2.24, 2.45) is 0 Å². The number of nitrogens with zero attached hydrogens (tertiary/aromatic N) is 3. The van der Waals surface area contributed by atoms with Crippen LogP contribution in [-0.2, 0) is 0 Å². The van der Waals surface area contributed by atoms with E-state index >= 15 is 0 Å². The first-order valence-electron chi connectivity index (χ1n) is 28.8. The molecule has 4 nitrogen and oxygen atoms in total. The zero-order valence-electron chi connectivity index (χ0n) is 53.3. The Labute approximate surface area is 333 Å². The third-order valence-electron chi connectivity index (χ3n) is 7.63. The fraction of sp³-hybridized carbons (Fsp3) is 0. The molecule has 0 N–H and O–H groups in total. The Morgan fingerprint density at radius 1 is 0.392 bits per heavy atom. The maximum atomic E-state index is 9.78. The number of hydrogen-bond acceptors (Lipinski definition) is 4. The first-order valence-corrected chi connectivity index (χ1v) is 14.8. The molecule has 0 radical (unpaired) electrons. The van der Waals surface area contributed by atoms with Crippen LogP contribution in [0.4, 0.5) is 0 Å². The van der Waals surface area contributed by atoms with Gasteiger partial charge in [0, 0.05) is 33.0 Å². The highest BCUT2D eigenvalue weighted by Crippen LogP contribution is 2.43. The Balaban J connectivity index is 1.41. The predicted molar refractivity (Wildman–Crippen MR) is 209 cm³/mol. The topological polar surface area (TPSA) is 51.8 Å². The maximum Gasteiger partial charge on any atom is 0.164 e. The number of hydrogen-bond donors (Lipinski definition) is 0. The minimum Gasteiger partial charge on any atom is -0.455 e. The molecule has 0 saturated heterocycles. The molecule has 0 atom stereocenters. The van der Waals surface area contributed by atoms with E-state index in [0.717, 1.165) is 6.07 Å². The largest absolute Gasteiger partial charge is 0.455 e. The normalized spacial score (nSPS) is 19.2. The lowest BCUT2D eigenvalue weighted by molar-refractivity contribution is 0.670. The fourth-order valence-electron chi connectivity index (χ4n) is 5.35. The summed E-state index contributed by atoms with van der Waals surface area (Å²) in [6.45, 7) is 0. The smallest absolute Gasteiger partial charge is 0.164 e. The second-order valence-corrected chi connectivity index (χ2v) is 10.6. The fourth-order valence-corrected chi connectivity index (χ4v) is 5.35. The standard InChI is InChI=1S/C47H29N3O/c1-3-12-33(13-4-1)45-48-46(34-14-5-2-6-15-34)50-47(49-45)40-26-25-39(44-43(40)41-28-36-17-9-10-18-37(36)29-42(41)51-44)32-22-19-31(20-23-32)38-24-21-30-11-7-8-16-35(30)27-38/h1-29H/i1D,2D,3D,4D,5D,6D,7D,8D,9D,10D,11D,12D,13D,14D,15D,16D,17D,18D,19D,20D,21D,22D,23D,25D,26D,27D,28D,29D. The van der Waals surface area contributed by atoms with Crippen molar-refractivity contribution in [3.8, 4) is 56.4 Å². The van der Waals surface area contributed by atoms with Crippen molar-refractivity contribution in [1.82, 2.24) is 15.0 Å². The summed E-state index contributed by atoms with van der Waals surface area (Å²) in [4.78, 5) is 13.1. The van der Waals surface area contributed by atoms with Crippen LogP contribution in [0.15, 0.2) is 180 Å². The summed E-state index contributed by atoms with van der Waals surface area (Å²) in [5.74, 6) is -2.54. The highest BCUT2D eigenvalue weighted by atomic mass is 16.3. The minimum atomic E-state index is -1.05. The van der Waals surface area contributed by atoms with Crippen LogP contribution < -0.4 is 0 Å². The molecule has 0 aliphatic carbocycles. The van der Waals surface area contributed by atoms with Crippen LogP contribution >= 0.6 is 0 Å². The quantitative estimate of drug-likeness (QED) is 0.182. The van der Waals surface area contributed by atoms with Crippen molar-refractivity contribution in [1.29, 1.82) is 0 Å². The molecule has 2 aromatic heterocycles. The molecule has 10 rings (SSSR count). The summed E-state index contributed by atoms with van der Waals surface area (Å²) in [5.41, 5.74) is -6.38. The summed E-state index contributed by atoms with van der Waals surface area (Å²) >= 11 is 0. The molecule has 0 bridgehead atoms. The van der Waals surface area contributed by atoms with E-state index in [1.165, 1.54) is 0 Å². The van der Waals surface area contributed by atoms with Crippen molar-refractivity contribution < 1.29 is 42.8 Å².